The fourth-order valence-corrected chi connectivity index (χ4v) is 3.74. The van der Waals surface area contributed by atoms with E-state index in [0.29, 0.717) is 5.56 Å². The minimum absolute atomic E-state index is 0.0485. The lowest BCUT2D eigenvalue weighted by Gasteiger charge is -2.25. The summed E-state index contributed by atoms with van der Waals surface area (Å²) >= 11 is 6.04. The van der Waals surface area contributed by atoms with Crippen LogP contribution in [0.4, 0.5) is 14.5 Å². The number of ketones is 1. The smallest absolute Gasteiger partial charge is 0.300 e. The molecule has 0 saturated carbocycles. The Bertz CT molecular complexity index is 1260. The third-order valence-electron chi connectivity index (χ3n) is 5.05. The first-order chi connectivity index (χ1) is 15.3. The first kappa shape index (κ1) is 21.5. The van der Waals surface area contributed by atoms with Gasteiger partial charge in [0.05, 0.1) is 23.7 Å². The van der Waals surface area contributed by atoms with E-state index in [9.17, 15) is 23.5 Å². The summed E-state index contributed by atoms with van der Waals surface area (Å²) in [6.45, 7) is 0. The molecule has 1 aromatic heterocycles. The largest absolute Gasteiger partial charge is 0.507 e. The number of benzene rings is 2. The number of aliphatic hydroxyl groups excluding tert-OH is 1. The number of rotatable bonds is 4. The molecule has 1 unspecified atom stereocenters. The van der Waals surface area contributed by atoms with Crippen molar-refractivity contribution in [2.75, 3.05) is 12.0 Å². The second-order valence-electron chi connectivity index (χ2n) is 6.90. The molecular formula is C23H15ClF2N2O4. The summed E-state index contributed by atoms with van der Waals surface area (Å²) in [6, 6.07) is 9.27. The molecule has 1 fully saturated rings. The monoisotopic (exact) mass is 456 g/mol. The minimum Gasteiger partial charge on any atom is -0.507 e. The van der Waals surface area contributed by atoms with E-state index in [1.54, 1.807) is 12.1 Å². The molecule has 32 heavy (non-hydrogen) atoms. The van der Waals surface area contributed by atoms with Crippen molar-refractivity contribution in [3.8, 4) is 5.75 Å². The number of carbonyl (C=O) groups excluding carboxylic acids is 2. The molecule has 1 aliphatic rings. The molecule has 1 saturated heterocycles. The fraction of sp³-hybridized carbons (Fsp3) is 0.0870. The van der Waals surface area contributed by atoms with Gasteiger partial charge in [-0.3, -0.25) is 19.5 Å². The summed E-state index contributed by atoms with van der Waals surface area (Å²) < 4.78 is 32.6. The number of aromatic nitrogens is 1. The molecule has 6 nitrogen and oxygen atoms in total. The number of halogens is 3. The zero-order valence-corrected chi connectivity index (χ0v) is 17.3. The lowest BCUT2D eigenvalue weighted by molar-refractivity contribution is -0.132. The van der Waals surface area contributed by atoms with Crippen LogP contribution in [0.1, 0.15) is 17.2 Å². The van der Waals surface area contributed by atoms with E-state index in [-0.39, 0.29) is 27.6 Å². The maximum Gasteiger partial charge on any atom is 0.300 e. The van der Waals surface area contributed by atoms with Gasteiger partial charge in [-0.15, -0.1) is 0 Å². The molecule has 0 radical (unpaired) electrons. The van der Waals surface area contributed by atoms with Crippen LogP contribution in [0.15, 0.2) is 66.5 Å². The predicted molar refractivity (Wildman–Crippen MR) is 113 cm³/mol. The van der Waals surface area contributed by atoms with Gasteiger partial charge in [0.15, 0.2) is 11.6 Å². The van der Waals surface area contributed by atoms with E-state index in [0.717, 1.165) is 17.0 Å². The van der Waals surface area contributed by atoms with Gasteiger partial charge in [-0.25, -0.2) is 8.78 Å². The van der Waals surface area contributed by atoms with E-state index in [1.807, 2.05) is 0 Å². The van der Waals surface area contributed by atoms with Crippen LogP contribution in [-0.4, -0.2) is 28.9 Å². The van der Waals surface area contributed by atoms with Crippen molar-refractivity contribution in [2.45, 2.75) is 6.04 Å². The van der Waals surface area contributed by atoms with E-state index in [2.05, 4.69) is 4.98 Å². The average molecular weight is 457 g/mol. The molecule has 3 aromatic rings. The molecule has 1 atom stereocenters. The van der Waals surface area contributed by atoms with Gasteiger partial charge in [-0.2, -0.15) is 0 Å². The topological polar surface area (TPSA) is 79.7 Å². The lowest BCUT2D eigenvalue weighted by Crippen LogP contribution is -2.29. The number of hydrogen-bond donors (Lipinski definition) is 1. The number of hydrogen-bond acceptors (Lipinski definition) is 5. The van der Waals surface area contributed by atoms with Crippen molar-refractivity contribution >= 4 is 34.7 Å². The summed E-state index contributed by atoms with van der Waals surface area (Å²) in [5.74, 6) is -4.50. The number of pyridine rings is 1. The van der Waals surface area contributed by atoms with Gasteiger partial charge in [-0.05, 0) is 42.0 Å². The fourth-order valence-electron chi connectivity index (χ4n) is 3.55. The van der Waals surface area contributed by atoms with E-state index >= 15 is 0 Å². The van der Waals surface area contributed by atoms with Gasteiger partial charge < -0.3 is 9.84 Å². The van der Waals surface area contributed by atoms with Crippen LogP contribution in [0.2, 0.25) is 5.02 Å². The van der Waals surface area contributed by atoms with Crippen LogP contribution < -0.4 is 9.64 Å². The predicted octanol–water partition coefficient (Wildman–Crippen LogP) is 4.65. The molecule has 2 heterocycles. The van der Waals surface area contributed by atoms with Crippen molar-refractivity contribution in [3.63, 3.8) is 0 Å². The molecule has 162 valence electrons. The van der Waals surface area contributed by atoms with Gasteiger partial charge in [0.25, 0.3) is 11.7 Å². The molecule has 4 rings (SSSR count). The van der Waals surface area contributed by atoms with Crippen LogP contribution in [0.5, 0.6) is 5.75 Å². The van der Waals surface area contributed by atoms with Crippen molar-refractivity contribution < 1.29 is 28.2 Å². The number of nitrogens with zero attached hydrogens (tertiary/aromatic N) is 2. The van der Waals surface area contributed by atoms with Crippen LogP contribution in [-0.2, 0) is 9.59 Å². The Morgan fingerprint density at radius 3 is 2.56 bits per heavy atom. The van der Waals surface area contributed by atoms with Crippen molar-refractivity contribution in [1.82, 2.24) is 4.98 Å². The summed E-state index contributed by atoms with van der Waals surface area (Å²) in [5.41, 5.74) is 0.284. The molecule has 0 bridgehead atoms. The summed E-state index contributed by atoms with van der Waals surface area (Å²) in [6.07, 6.45) is 2.91. The number of aliphatic hydroxyl groups is 1. The highest BCUT2D eigenvalue weighted by molar-refractivity contribution is 6.51. The SMILES string of the molecule is COc1cc(/C(O)=C2\C(=O)C(=O)N(c3ccc(F)c(F)c3)C2c2cccnc2)ccc1Cl. The first-order valence-corrected chi connectivity index (χ1v) is 9.71. The summed E-state index contributed by atoms with van der Waals surface area (Å²) in [7, 11) is 1.39. The zero-order chi connectivity index (χ0) is 23.0. The Balaban J connectivity index is 1.95. The minimum atomic E-state index is -1.18. The highest BCUT2D eigenvalue weighted by Crippen LogP contribution is 2.42. The Morgan fingerprint density at radius 2 is 1.91 bits per heavy atom. The normalized spacial score (nSPS) is 17.6. The highest BCUT2D eigenvalue weighted by atomic mass is 35.5. The van der Waals surface area contributed by atoms with E-state index in [1.165, 1.54) is 43.8 Å². The zero-order valence-electron chi connectivity index (χ0n) is 16.6. The Labute approximate surface area is 186 Å². The molecule has 9 heteroatoms. The number of anilines is 1. The van der Waals surface area contributed by atoms with Crippen LogP contribution in [0.25, 0.3) is 5.76 Å². The van der Waals surface area contributed by atoms with E-state index in [4.69, 9.17) is 16.3 Å². The molecule has 1 aliphatic heterocycles. The number of amides is 1. The Kier molecular flexibility index (Phi) is 5.63. The maximum atomic E-state index is 13.9. The van der Waals surface area contributed by atoms with Crippen molar-refractivity contribution in [1.29, 1.82) is 0 Å². The molecule has 1 N–H and O–H groups in total. The van der Waals surface area contributed by atoms with Gasteiger partial charge in [0.1, 0.15) is 11.5 Å². The van der Waals surface area contributed by atoms with Gasteiger partial charge in [0, 0.05) is 29.7 Å². The molecule has 2 aromatic carbocycles. The van der Waals surface area contributed by atoms with Crippen LogP contribution >= 0.6 is 11.6 Å². The summed E-state index contributed by atoms with van der Waals surface area (Å²) in [4.78, 5) is 31.0. The molecule has 1 amide bonds. The number of methoxy groups -OCH3 is 1. The highest BCUT2D eigenvalue weighted by Gasteiger charge is 2.47. The maximum absolute atomic E-state index is 13.9. The Morgan fingerprint density at radius 1 is 1.12 bits per heavy atom. The van der Waals surface area contributed by atoms with Crippen molar-refractivity contribution in [3.05, 3.63) is 94.3 Å². The van der Waals surface area contributed by atoms with Crippen LogP contribution in [0.3, 0.4) is 0 Å². The third-order valence-corrected chi connectivity index (χ3v) is 5.36. The van der Waals surface area contributed by atoms with Crippen molar-refractivity contribution in [2.24, 2.45) is 0 Å². The van der Waals surface area contributed by atoms with Gasteiger partial charge in [-0.1, -0.05) is 17.7 Å². The second kappa shape index (κ2) is 8.39. The number of carbonyl (C=O) groups is 2. The van der Waals surface area contributed by atoms with E-state index < -0.39 is 35.1 Å². The van der Waals surface area contributed by atoms with Gasteiger partial charge >= 0.3 is 0 Å². The standard InChI is InChI=1S/C23H15ClF2N2O4/c1-32-18-9-12(4-6-15(18)24)21(29)19-20(13-3-2-8-27-11-13)28(23(31)22(19)30)14-5-7-16(25)17(26)10-14/h2-11,20,29H,1H3/b21-19+. The summed E-state index contributed by atoms with van der Waals surface area (Å²) in [5, 5.41) is 11.3. The first-order valence-electron chi connectivity index (χ1n) is 9.33. The molecule has 0 spiro atoms. The quantitative estimate of drug-likeness (QED) is 0.351. The second-order valence-corrected chi connectivity index (χ2v) is 7.31. The van der Waals surface area contributed by atoms with Crippen LogP contribution in [0, 0.1) is 11.6 Å². The Hall–Kier alpha value is -3.78. The lowest BCUT2D eigenvalue weighted by atomic mass is 9.96. The van der Waals surface area contributed by atoms with Gasteiger partial charge in [0.2, 0.25) is 0 Å². The molecule has 0 aliphatic carbocycles. The number of Topliss-reactive ketones (excluding diaryl/α,β-unsaturated/α-hetero) is 1. The number of ether oxygens (including phenoxy) is 1. The average Bonchev–Trinajstić information content (AvgIpc) is 3.06. The third kappa shape index (κ3) is 3.58. The molecular weight excluding hydrogens is 442 g/mol.